The third-order valence-electron chi connectivity index (χ3n) is 3.18. The molecule has 6 heteroatoms. The van der Waals surface area contributed by atoms with E-state index in [9.17, 15) is 0 Å². The van der Waals surface area contributed by atoms with Crippen molar-refractivity contribution in [3.63, 3.8) is 0 Å². The standard InChI is InChI=1S/C17H14Cl2N4/c18-13-5-3-6-14(8-13)23-17-9-16(21-11-22-17)20-10-12-4-1-2-7-15(12)19/h1-9,11H,10H2,(H2,20,21,22,23). The zero-order chi connectivity index (χ0) is 16.1. The summed E-state index contributed by atoms with van der Waals surface area (Å²) in [6.45, 7) is 0.591. The molecule has 4 nitrogen and oxygen atoms in total. The van der Waals surface area contributed by atoms with Crippen LogP contribution in [-0.4, -0.2) is 9.97 Å². The molecule has 0 unspecified atom stereocenters. The first-order valence-electron chi connectivity index (χ1n) is 7.02. The minimum absolute atomic E-state index is 0.591. The van der Waals surface area contributed by atoms with Gasteiger partial charge in [0, 0.05) is 28.3 Å². The molecule has 0 radical (unpaired) electrons. The van der Waals surface area contributed by atoms with Gasteiger partial charge in [0.2, 0.25) is 0 Å². The van der Waals surface area contributed by atoms with Gasteiger partial charge in [-0.05, 0) is 29.8 Å². The quantitative estimate of drug-likeness (QED) is 0.672. The van der Waals surface area contributed by atoms with Crippen molar-refractivity contribution in [2.45, 2.75) is 6.54 Å². The molecule has 116 valence electrons. The Morgan fingerprint density at radius 2 is 1.70 bits per heavy atom. The highest BCUT2D eigenvalue weighted by Crippen LogP contribution is 2.20. The van der Waals surface area contributed by atoms with Gasteiger partial charge in [-0.3, -0.25) is 0 Å². The summed E-state index contributed by atoms with van der Waals surface area (Å²) in [6, 6.07) is 17.0. The lowest BCUT2D eigenvalue weighted by Gasteiger charge is -2.09. The molecule has 2 aromatic carbocycles. The van der Waals surface area contributed by atoms with Gasteiger partial charge in [-0.1, -0.05) is 47.5 Å². The van der Waals surface area contributed by atoms with Crippen molar-refractivity contribution in [2.75, 3.05) is 10.6 Å². The van der Waals surface area contributed by atoms with E-state index in [0.29, 0.717) is 23.2 Å². The monoisotopic (exact) mass is 344 g/mol. The lowest BCUT2D eigenvalue weighted by Crippen LogP contribution is -2.03. The Hall–Kier alpha value is -2.30. The van der Waals surface area contributed by atoms with E-state index in [0.717, 1.165) is 16.3 Å². The Kier molecular flexibility index (Phi) is 4.95. The van der Waals surface area contributed by atoms with Crippen LogP contribution in [0.25, 0.3) is 0 Å². The van der Waals surface area contributed by atoms with E-state index >= 15 is 0 Å². The molecule has 0 atom stereocenters. The molecular formula is C17H14Cl2N4. The average molecular weight is 345 g/mol. The molecular weight excluding hydrogens is 331 g/mol. The van der Waals surface area contributed by atoms with Crippen LogP contribution in [0.3, 0.4) is 0 Å². The third-order valence-corrected chi connectivity index (χ3v) is 3.79. The fourth-order valence-corrected chi connectivity index (χ4v) is 2.46. The molecule has 0 aliphatic heterocycles. The first kappa shape index (κ1) is 15.6. The van der Waals surface area contributed by atoms with Crippen molar-refractivity contribution in [3.05, 3.63) is 76.5 Å². The first-order chi connectivity index (χ1) is 11.2. The van der Waals surface area contributed by atoms with Crippen molar-refractivity contribution >= 4 is 40.5 Å². The van der Waals surface area contributed by atoms with E-state index in [1.807, 2.05) is 54.6 Å². The second kappa shape index (κ2) is 7.31. The molecule has 0 aliphatic carbocycles. The van der Waals surface area contributed by atoms with E-state index in [-0.39, 0.29) is 0 Å². The van der Waals surface area contributed by atoms with Gasteiger partial charge in [0.15, 0.2) is 0 Å². The molecule has 3 rings (SSSR count). The molecule has 0 saturated heterocycles. The Morgan fingerprint density at radius 3 is 2.52 bits per heavy atom. The zero-order valence-electron chi connectivity index (χ0n) is 12.1. The highest BCUT2D eigenvalue weighted by Gasteiger charge is 2.02. The fourth-order valence-electron chi connectivity index (χ4n) is 2.06. The van der Waals surface area contributed by atoms with Crippen LogP contribution in [0, 0.1) is 0 Å². The predicted molar refractivity (Wildman–Crippen MR) is 95.5 cm³/mol. The van der Waals surface area contributed by atoms with Crippen molar-refractivity contribution in [1.82, 2.24) is 9.97 Å². The van der Waals surface area contributed by atoms with Crippen LogP contribution in [0.1, 0.15) is 5.56 Å². The van der Waals surface area contributed by atoms with Gasteiger partial charge in [0.25, 0.3) is 0 Å². The van der Waals surface area contributed by atoms with Crippen molar-refractivity contribution in [2.24, 2.45) is 0 Å². The van der Waals surface area contributed by atoms with Crippen LogP contribution in [0.5, 0.6) is 0 Å². The van der Waals surface area contributed by atoms with Crippen LogP contribution >= 0.6 is 23.2 Å². The maximum Gasteiger partial charge on any atom is 0.135 e. The lowest BCUT2D eigenvalue weighted by molar-refractivity contribution is 1.08. The molecule has 0 aliphatic rings. The second-order valence-corrected chi connectivity index (χ2v) is 5.71. The first-order valence-corrected chi connectivity index (χ1v) is 7.78. The number of aromatic nitrogens is 2. The Labute approximate surface area is 144 Å². The van der Waals surface area contributed by atoms with Gasteiger partial charge in [-0.15, -0.1) is 0 Å². The third kappa shape index (κ3) is 4.34. The Morgan fingerprint density at radius 1 is 0.870 bits per heavy atom. The largest absolute Gasteiger partial charge is 0.366 e. The maximum atomic E-state index is 6.15. The number of halogens is 2. The lowest BCUT2D eigenvalue weighted by atomic mass is 10.2. The minimum Gasteiger partial charge on any atom is -0.366 e. The van der Waals surface area contributed by atoms with Gasteiger partial charge < -0.3 is 10.6 Å². The van der Waals surface area contributed by atoms with E-state index in [4.69, 9.17) is 23.2 Å². The van der Waals surface area contributed by atoms with Crippen LogP contribution in [0.2, 0.25) is 10.0 Å². The summed E-state index contributed by atoms with van der Waals surface area (Å²) < 4.78 is 0. The van der Waals surface area contributed by atoms with Crippen molar-refractivity contribution in [1.29, 1.82) is 0 Å². The second-order valence-electron chi connectivity index (χ2n) is 4.87. The molecule has 3 aromatic rings. The summed E-state index contributed by atoms with van der Waals surface area (Å²) in [5.74, 6) is 1.40. The predicted octanol–water partition coefficient (Wildman–Crippen LogP) is 5.14. The molecule has 2 N–H and O–H groups in total. The Bertz CT molecular complexity index is 808. The van der Waals surface area contributed by atoms with E-state index in [1.54, 1.807) is 0 Å². The number of hydrogen-bond donors (Lipinski definition) is 2. The number of rotatable bonds is 5. The van der Waals surface area contributed by atoms with Crippen LogP contribution in [0.4, 0.5) is 17.3 Å². The van der Waals surface area contributed by atoms with E-state index < -0.39 is 0 Å². The zero-order valence-corrected chi connectivity index (χ0v) is 13.6. The van der Waals surface area contributed by atoms with E-state index in [2.05, 4.69) is 20.6 Å². The molecule has 0 spiro atoms. The highest BCUT2D eigenvalue weighted by atomic mass is 35.5. The number of hydrogen-bond acceptors (Lipinski definition) is 4. The summed E-state index contributed by atoms with van der Waals surface area (Å²) in [4.78, 5) is 8.42. The van der Waals surface area contributed by atoms with Crippen LogP contribution < -0.4 is 10.6 Å². The summed E-state index contributed by atoms with van der Waals surface area (Å²) in [6.07, 6.45) is 1.50. The van der Waals surface area contributed by atoms with Crippen molar-refractivity contribution in [3.8, 4) is 0 Å². The topological polar surface area (TPSA) is 49.8 Å². The van der Waals surface area contributed by atoms with Crippen molar-refractivity contribution < 1.29 is 0 Å². The molecule has 1 aromatic heterocycles. The Balaban J connectivity index is 1.69. The van der Waals surface area contributed by atoms with Gasteiger partial charge in [0.05, 0.1) is 0 Å². The summed E-state index contributed by atoms with van der Waals surface area (Å²) in [7, 11) is 0. The van der Waals surface area contributed by atoms with Gasteiger partial charge in [0.1, 0.15) is 18.0 Å². The SMILES string of the molecule is Clc1cccc(Nc2cc(NCc3ccccc3Cl)ncn2)c1. The molecule has 1 heterocycles. The smallest absolute Gasteiger partial charge is 0.135 e. The van der Waals surface area contributed by atoms with Gasteiger partial charge in [-0.25, -0.2) is 9.97 Å². The summed E-state index contributed by atoms with van der Waals surface area (Å²) >= 11 is 12.1. The van der Waals surface area contributed by atoms with Gasteiger partial charge >= 0.3 is 0 Å². The molecule has 0 fully saturated rings. The summed E-state index contributed by atoms with van der Waals surface area (Å²) in [5.41, 5.74) is 1.88. The fraction of sp³-hybridized carbons (Fsp3) is 0.0588. The number of benzene rings is 2. The van der Waals surface area contributed by atoms with Crippen LogP contribution in [0.15, 0.2) is 60.9 Å². The summed E-state index contributed by atoms with van der Waals surface area (Å²) in [5, 5.41) is 7.83. The normalized spacial score (nSPS) is 10.3. The van der Waals surface area contributed by atoms with Gasteiger partial charge in [-0.2, -0.15) is 0 Å². The van der Waals surface area contributed by atoms with Crippen LogP contribution in [-0.2, 0) is 6.54 Å². The molecule has 0 amide bonds. The number of nitrogens with zero attached hydrogens (tertiary/aromatic N) is 2. The maximum absolute atomic E-state index is 6.15. The highest BCUT2D eigenvalue weighted by molar-refractivity contribution is 6.31. The number of anilines is 3. The molecule has 0 bridgehead atoms. The molecule has 0 saturated carbocycles. The van der Waals surface area contributed by atoms with E-state index in [1.165, 1.54) is 6.33 Å². The number of nitrogens with one attached hydrogen (secondary N) is 2. The average Bonchev–Trinajstić information content (AvgIpc) is 2.54. The minimum atomic E-state index is 0.591. The molecule has 23 heavy (non-hydrogen) atoms.